The zero-order valence-corrected chi connectivity index (χ0v) is 14.9. The Labute approximate surface area is 156 Å². The van der Waals surface area contributed by atoms with Gasteiger partial charge in [0.1, 0.15) is 5.82 Å². The van der Waals surface area contributed by atoms with Crippen molar-refractivity contribution in [1.29, 1.82) is 0 Å². The zero-order chi connectivity index (χ0) is 19.6. The van der Waals surface area contributed by atoms with Crippen molar-refractivity contribution < 1.29 is 22.4 Å². The third-order valence-electron chi connectivity index (χ3n) is 3.84. The first kappa shape index (κ1) is 19.2. The number of amides is 1. The fourth-order valence-corrected chi connectivity index (χ4v) is 3.37. The lowest BCUT2D eigenvalue weighted by Gasteiger charge is -2.15. The van der Waals surface area contributed by atoms with Crippen LogP contribution in [0, 0.1) is 11.6 Å². The molecule has 142 valence electrons. The molecule has 3 rings (SSSR count). The van der Waals surface area contributed by atoms with E-state index in [1.165, 1.54) is 12.1 Å². The number of thioether (sulfide) groups is 1. The molecule has 0 radical (unpaired) electrons. The van der Waals surface area contributed by atoms with Crippen LogP contribution in [0.15, 0.2) is 47.4 Å². The minimum Gasteiger partial charge on any atom is -0.346 e. The van der Waals surface area contributed by atoms with Crippen LogP contribution >= 0.6 is 11.8 Å². The number of carbonyl (C=O) groups is 1. The Morgan fingerprint density at radius 3 is 2.63 bits per heavy atom. The van der Waals surface area contributed by atoms with Gasteiger partial charge in [-0.15, -0.1) is 11.8 Å². The molecule has 0 spiro atoms. The van der Waals surface area contributed by atoms with Gasteiger partial charge in [0.15, 0.2) is 11.6 Å². The number of fused-ring (bicyclic) bond motifs is 1. The van der Waals surface area contributed by atoms with Crippen molar-refractivity contribution in [3.8, 4) is 0 Å². The van der Waals surface area contributed by atoms with Crippen molar-refractivity contribution in [3.63, 3.8) is 0 Å². The summed E-state index contributed by atoms with van der Waals surface area (Å²) in [6.07, 6.45) is 0. The van der Waals surface area contributed by atoms with Gasteiger partial charge in [0, 0.05) is 4.90 Å². The van der Waals surface area contributed by atoms with Crippen molar-refractivity contribution in [2.75, 3.05) is 5.75 Å². The Morgan fingerprint density at radius 2 is 1.93 bits per heavy atom. The minimum absolute atomic E-state index is 0.0392. The van der Waals surface area contributed by atoms with Crippen molar-refractivity contribution >= 4 is 28.7 Å². The average Bonchev–Trinajstić information content (AvgIpc) is 3.02. The van der Waals surface area contributed by atoms with Crippen molar-refractivity contribution in [2.24, 2.45) is 0 Å². The molecular formula is C18H15F4N3OS. The van der Waals surface area contributed by atoms with E-state index in [1.54, 1.807) is 25.1 Å². The molecule has 0 saturated heterocycles. The monoisotopic (exact) mass is 397 g/mol. The Hall–Kier alpha value is -2.55. The van der Waals surface area contributed by atoms with Crippen LogP contribution in [0.2, 0.25) is 0 Å². The maximum Gasteiger partial charge on any atom is 0.320 e. The summed E-state index contributed by atoms with van der Waals surface area (Å²) in [5, 5.41) is 2.60. The van der Waals surface area contributed by atoms with E-state index in [4.69, 9.17) is 0 Å². The number of alkyl halides is 2. The molecule has 9 heteroatoms. The highest BCUT2D eigenvalue weighted by Gasteiger charge is 2.22. The molecule has 0 bridgehead atoms. The van der Waals surface area contributed by atoms with E-state index in [2.05, 4.69) is 10.3 Å². The smallest absolute Gasteiger partial charge is 0.320 e. The minimum atomic E-state index is -2.80. The van der Waals surface area contributed by atoms with E-state index < -0.39 is 30.1 Å². The number of benzene rings is 2. The third-order valence-corrected chi connectivity index (χ3v) is 4.84. The SMILES string of the molecule is CC(NC(=O)CSc1ccc(F)c(F)c1)c1nc2ccccc2n1C(F)F. The van der Waals surface area contributed by atoms with E-state index >= 15 is 0 Å². The van der Waals surface area contributed by atoms with Crippen LogP contribution in [-0.2, 0) is 4.79 Å². The average molecular weight is 397 g/mol. The number of hydrogen-bond acceptors (Lipinski definition) is 3. The molecular weight excluding hydrogens is 382 g/mol. The normalized spacial score (nSPS) is 12.5. The first-order valence-electron chi connectivity index (χ1n) is 7.99. The predicted molar refractivity (Wildman–Crippen MR) is 94.6 cm³/mol. The highest BCUT2D eigenvalue weighted by atomic mass is 32.2. The Morgan fingerprint density at radius 1 is 1.19 bits per heavy atom. The molecule has 1 heterocycles. The second-order valence-electron chi connectivity index (χ2n) is 5.76. The van der Waals surface area contributed by atoms with Gasteiger partial charge >= 0.3 is 6.55 Å². The van der Waals surface area contributed by atoms with Gasteiger partial charge in [-0.25, -0.2) is 13.8 Å². The van der Waals surface area contributed by atoms with Crippen LogP contribution < -0.4 is 5.32 Å². The van der Waals surface area contributed by atoms with Gasteiger partial charge in [-0.05, 0) is 37.3 Å². The fraction of sp³-hybridized carbons (Fsp3) is 0.222. The summed E-state index contributed by atoms with van der Waals surface area (Å²) >= 11 is 1.01. The maximum absolute atomic E-state index is 13.5. The molecule has 1 N–H and O–H groups in total. The third kappa shape index (κ3) is 4.24. The van der Waals surface area contributed by atoms with Crippen molar-refractivity contribution in [3.05, 3.63) is 59.9 Å². The maximum atomic E-state index is 13.5. The van der Waals surface area contributed by atoms with Gasteiger partial charge in [-0.1, -0.05) is 12.1 Å². The highest BCUT2D eigenvalue weighted by Crippen LogP contribution is 2.27. The molecule has 0 aliphatic heterocycles. The quantitative estimate of drug-likeness (QED) is 0.485. The number of nitrogens with one attached hydrogen (secondary N) is 1. The highest BCUT2D eigenvalue weighted by molar-refractivity contribution is 8.00. The lowest BCUT2D eigenvalue weighted by Crippen LogP contribution is -2.30. The lowest BCUT2D eigenvalue weighted by molar-refractivity contribution is -0.119. The van der Waals surface area contributed by atoms with Crippen LogP contribution in [0.5, 0.6) is 0 Å². The van der Waals surface area contributed by atoms with E-state index in [9.17, 15) is 22.4 Å². The Balaban J connectivity index is 1.70. The fourth-order valence-electron chi connectivity index (χ4n) is 2.64. The topological polar surface area (TPSA) is 46.9 Å². The summed E-state index contributed by atoms with van der Waals surface area (Å²) in [4.78, 5) is 16.7. The first-order chi connectivity index (χ1) is 12.9. The number of hydrogen-bond donors (Lipinski definition) is 1. The van der Waals surface area contributed by atoms with Crippen molar-refractivity contribution in [1.82, 2.24) is 14.9 Å². The number of halogens is 4. The summed E-state index contributed by atoms with van der Waals surface area (Å²) in [7, 11) is 0. The molecule has 0 aliphatic rings. The number of aromatic nitrogens is 2. The van der Waals surface area contributed by atoms with Gasteiger partial charge in [-0.3, -0.25) is 9.36 Å². The largest absolute Gasteiger partial charge is 0.346 e. The van der Waals surface area contributed by atoms with Crippen LogP contribution in [-0.4, -0.2) is 21.2 Å². The lowest BCUT2D eigenvalue weighted by atomic mass is 10.3. The standard InChI is InChI=1S/C18H15F4N3OS/c1-10(17-24-14-4-2-3-5-15(14)25(17)18(21)22)23-16(26)9-27-11-6-7-12(19)13(20)8-11/h2-8,10,18H,9H2,1H3,(H,23,26). The molecule has 1 atom stereocenters. The van der Waals surface area contributed by atoms with Gasteiger partial charge in [-0.2, -0.15) is 8.78 Å². The van der Waals surface area contributed by atoms with Crippen LogP contribution in [0.3, 0.4) is 0 Å². The van der Waals surface area contributed by atoms with Crippen LogP contribution in [0.25, 0.3) is 11.0 Å². The molecule has 4 nitrogen and oxygen atoms in total. The number of carbonyl (C=O) groups excluding carboxylic acids is 1. The molecule has 2 aromatic carbocycles. The first-order valence-corrected chi connectivity index (χ1v) is 8.97. The van der Waals surface area contributed by atoms with Crippen LogP contribution in [0.4, 0.5) is 17.6 Å². The van der Waals surface area contributed by atoms with Gasteiger partial charge in [0.25, 0.3) is 0 Å². The second kappa shape index (κ2) is 7.99. The Kier molecular flexibility index (Phi) is 5.69. The molecule has 0 aliphatic carbocycles. The van der Waals surface area contributed by atoms with Crippen molar-refractivity contribution in [2.45, 2.75) is 24.4 Å². The molecule has 0 saturated carbocycles. The second-order valence-corrected chi connectivity index (χ2v) is 6.81. The number of para-hydroxylation sites is 2. The summed E-state index contributed by atoms with van der Waals surface area (Å²) in [6, 6.07) is 9.04. The Bertz CT molecular complexity index is 976. The molecule has 0 fully saturated rings. The molecule has 1 aromatic heterocycles. The predicted octanol–water partition coefficient (Wildman–Crippen LogP) is 4.68. The van der Waals surface area contributed by atoms with Gasteiger partial charge in [0.05, 0.1) is 22.8 Å². The van der Waals surface area contributed by atoms with E-state index in [-0.39, 0.29) is 17.1 Å². The number of imidazole rings is 1. The molecule has 1 amide bonds. The van der Waals surface area contributed by atoms with E-state index in [0.717, 1.165) is 28.5 Å². The number of rotatable bonds is 6. The summed E-state index contributed by atoms with van der Waals surface area (Å²) < 4.78 is 53.8. The van der Waals surface area contributed by atoms with E-state index in [1.807, 2.05) is 0 Å². The molecule has 1 unspecified atom stereocenters. The molecule has 27 heavy (non-hydrogen) atoms. The summed E-state index contributed by atoms with van der Waals surface area (Å²) in [5.41, 5.74) is 0.685. The summed E-state index contributed by atoms with van der Waals surface area (Å²) in [6.45, 7) is -1.25. The number of nitrogens with zero attached hydrogens (tertiary/aromatic N) is 2. The van der Waals surface area contributed by atoms with Gasteiger partial charge < -0.3 is 5.32 Å². The van der Waals surface area contributed by atoms with E-state index in [0.29, 0.717) is 10.4 Å². The van der Waals surface area contributed by atoms with Crippen LogP contribution in [0.1, 0.15) is 25.3 Å². The van der Waals surface area contributed by atoms with Gasteiger partial charge in [0.2, 0.25) is 5.91 Å². The zero-order valence-electron chi connectivity index (χ0n) is 14.1. The summed E-state index contributed by atoms with van der Waals surface area (Å²) in [5.74, 6) is -2.45. The molecule has 3 aromatic rings.